The molecule has 35 heavy (non-hydrogen) atoms. The Morgan fingerprint density at radius 2 is 1.57 bits per heavy atom. The fraction of sp³-hybridized carbons (Fsp3) is 0.261. The first-order valence-electron chi connectivity index (χ1n) is 10.2. The summed E-state index contributed by atoms with van der Waals surface area (Å²) < 4.78 is 48.4. The topological polar surface area (TPSA) is 128 Å². The van der Waals surface area contributed by atoms with E-state index in [0.717, 1.165) is 10.1 Å². The molecular weight excluding hydrogens is 474 g/mol. The van der Waals surface area contributed by atoms with Crippen LogP contribution in [-0.4, -0.2) is 38.1 Å². The zero-order valence-corrected chi connectivity index (χ0v) is 18.5. The number of carbonyl (C=O) groups is 1. The van der Waals surface area contributed by atoms with E-state index in [1.165, 1.54) is 22.8 Å². The highest BCUT2D eigenvalue weighted by atomic mass is 19.4. The number of aliphatic hydroxyl groups excluding tert-OH is 1. The molecule has 8 nitrogen and oxygen atoms in total. The minimum Gasteiger partial charge on any atom is -0.475 e. The zero-order valence-electron chi connectivity index (χ0n) is 18.5. The molecular formula is C23H23F4N3O5. The van der Waals surface area contributed by atoms with Crippen molar-refractivity contribution in [1.29, 1.82) is 0 Å². The molecule has 3 rings (SSSR count). The number of benzene rings is 2. The molecule has 1 atom stereocenters. The lowest BCUT2D eigenvalue weighted by atomic mass is 10.0. The molecule has 2 aromatic carbocycles. The van der Waals surface area contributed by atoms with Crippen LogP contribution in [0.2, 0.25) is 0 Å². The molecule has 0 amide bonds. The number of hydrogen-bond donors (Lipinski definition) is 3. The highest BCUT2D eigenvalue weighted by molar-refractivity contribution is 5.73. The van der Waals surface area contributed by atoms with Gasteiger partial charge in [-0.25, -0.2) is 14.0 Å². The largest absolute Gasteiger partial charge is 0.490 e. The number of carboxylic acids is 1. The Labute approximate surface area is 196 Å². The smallest absolute Gasteiger partial charge is 0.475 e. The van der Waals surface area contributed by atoms with Crippen LogP contribution in [0.4, 0.5) is 17.6 Å². The third-order valence-electron chi connectivity index (χ3n) is 5.00. The van der Waals surface area contributed by atoms with Crippen molar-refractivity contribution >= 4 is 5.97 Å². The SMILES string of the molecule is Cc1c(-c2ccccc2F)c(=O)n(C[C@H](N)c2ccccc2)c(=O)n1CCO.O=C(O)C(F)(F)F. The molecule has 0 aliphatic heterocycles. The molecule has 0 spiro atoms. The molecule has 0 bridgehead atoms. The van der Waals surface area contributed by atoms with Crippen molar-refractivity contribution in [2.24, 2.45) is 5.73 Å². The third kappa shape index (κ3) is 6.64. The molecule has 3 aromatic rings. The van der Waals surface area contributed by atoms with Crippen molar-refractivity contribution in [1.82, 2.24) is 9.13 Å². The number of carboxylic acid groups (broad SMARTS) is 1. The second-order valence-electron chi connectivity index (χ2n) is 7.33. The maximum atomic E-state index is 14.4. The van der Waals surface area contributed by atoms with Crippen LogP contribution in [-0.2, 0) is 17.9 Å². The summed E-state index contributed by atoms with van der Waals surface area (Å²) in [6.45, 7) is 1.21. The predicted molar refractivity (Wildman–Crippen MR) is 119 cm³/mol. The van der Waals surface area contributed by atoms with Gasteiger partial charge in [-0.3, -0.25) is 13.9 Å². The summed E-state index contributed by atoms with van der Waals surface area (Å²) in [4.78, 5) is 34.9. The number of nitrogens with two attached hydrogens (primary N) is 1. The summed E-state index contributed by atoms with van der Waals surface area (Å²) in [5.74, 6) is -3.32. The van der Waals surface area contributed by atoms with E-state index in [4.69, 9.17) is 15.6 Å². The van der Waals surface area contributed by atoms with E-state index in [9.17, 15) is 32.3 Å². The van der Waals surface area contributed by atoms with Gasteiger partial charge < -0.3 is 15.9 Å². The van der Waals surface area contributed by atoms with E-state index in [1.807, 2.05) is 30.3 Å². The molecule has 0 saturated heterocycles. The number of nitrogens with zero attached hydrogens (tertiary/aromatic N) is 2. The second kappa shape index (κ2) is 11.6. The van der Waals surface area contributed by atoms with Gasteiger partial charge in [0.1, 0.15) is 5.82 Å². The maximum absolute atomic E-state index is 14.4. The van der Waals surface area contributed by atoms with E-state index in [0.29, 0.717) is 5.69 Å². The Bertz CT molecular complexity index is 1290. The van der Waals surface area contributed by atoms with Crippen LogP contribution in [0.5, 0.6) is 0 Å². The highest BCUT2D eigenvalue weighted by Gasteiger charge is 2.38. The average Bonchev–Trinajstić information content (AvgIpc) is 2.81. The quantitative estimate of drug-likeness (QED) is 0.449. The molecule has 188 valence electrons. The summed E-state index contributed by atoms with van der Waals surface area (Å²) >= 11 is 0. The first-order chi connectivity index (χ1) is 16.4. The molecule has 12 heteroatoms. The Morgan fingerprint density at radius 1 is 1.03 bits per heavy atom. The van der Waals surface area contributed by atoms with Gasteiger partial charge in [-0.2, -0.15) is 13.2 Å². The van der Waals surface area contributed by atoms with Gasteiger partial charge in [0, 0.05) is 17.3 Å². The molecule has 0 saturated carbocycles. The first kappa shape index (κ1) is 27.5. The van der Waals surface area contributed by atoms with Crippen molar-refractivity contribution in [2.45, 2.75) is 32.2 Å². The van der Waals surface area contributed by atoms with Gasteiger partial charge in [-0.1, -0.05) is 48.5 Å². The number of alkyl halides is 3. The van der Waals surface area contributed by atoms with Gasteiger partial charge in [0.25, 0.3) is 5.56 Å². The molecule has 1 heterocycles. The van der Waals surface area contributed by atoms with E-state index in [2.05, 4.69) is 0 Å². The Balaban J connectivity index is 0.000000540. The summed E-state index contributed by atoms with van der Waals surface area (Å²) in [6.07, 6.45) is -5.08. The molecule has 0 fully saturated rings. The van der Waals surface area contributed by atoms with Gasteiger partial charge in [0.05, 0.1) is 25.3 Å². The molecule has 1 aromatic heterocycles. The maximum Gasteiger partial charge on any atom is 0.490 e. The fourth-order valence-corrected chi connectivity index (χ4v) is 3.30. The van der Waals surface area contributed by atoms with Crippen LogP contribution in [0.25, 0.3) is 11.1 Å². The molecule has 0 unspecified atom stereocenters. The number of aliphatic hydroxyl groups is 1. The Morgan fingerprint density at radius 3 is 2.09 bits per heavy atom. The van der Waals surface area contributed by atoms with Crippen molar-refractivity contribution in [3.63, 3.8) is 0 Å². The molecule has 0 aliphatic rings. The lowest BCUT2D eigenvalue weighted by molar-refractivity contribution is -0.192. The number of aromatic nitrogens is 2. The van der Waals surface area contributed by atoms with Gasteiger partial charge in [0.2, 0.25) is 0 Å². The van der Waals surface area contributed by atoms with Crippen LogP contribution in [0.15, 0.2) is 64.2 Å². The van der Waals surface area contributed by atoms with Crippen molar-refractivity contribution in [3.8, 4) is 11.1 Å². The molecule has 0 radical (unpaired) electrons. The van der Waals surface area contributed by atoms with E-state index in [1.54, 1.807) is 13.0 Å². The van der Waals surface area contributed by atoms with Gasteiger partial charge >= 0.3 is 17.8 Å². The number of hydrogen-bond acceptors (Lipinski definition) is 5. The minimum absolute atomic E-state index is 0.00697. The van der Waals surface area contributed by atoms with Gasteiger partial charge in [0.15, 0.2) is 0 Å². The van der Waals surface area contributed by atoms with Gasteiger partial charge in [-0.15, -0.1) is 0 Å². The predicted octanol–water partition coefficient (Wildman–Crippen LogP) is 2.45. The fourth-order valence-electron chi connectivity index (χ4n) is 3.30. The zero-order chi connectivity index (χ0) is 26.3. The van der Waals surface area contributed by atoms with Crippen molar-refractivity contribution in [3.05, 3.63) is 92.5 Å². The number of rotatable bonds is 6. The summed E-state index contributed by atoms with van der Waals surface area (Å²) in [6, 6.07) is 14.4. The third-order valence-corrected chi connectivity index (χ3v) is 5.00. The Hall–Kier alpha value is -3.77. The van der Waals surface area contributed by atoms with Crippen molar-refractivity contribution in [2.75, 3.05) is 6.61 Å². The van der Waals surface area contributed by atoms with Crippen molar-refractivity contribution < 1.29 is 32.6 Å². The second-order valence-corrected chi connectivity index (χ2v) is 7.33. The van der Waals surface area contributed by atoms with E-state index < -0.39 is 35.3 Å². The molecule has 0 aliphatic carbocycles. The van der Waals surface area contributed by atoms with E-state index >= 15 is 0 Å². The Kier molecular flexibility index (Phi) is 9.09. The summed E-state index contributed by atoms with van der Waals surface area (Å²) in [5.41, 5.74) is 6.31. The monoisotopic (exact) mass is 497 g/mol. The van der Waals surface area contributed by atoms with Gasteiger partial charge in [-0.05, 0) is 18.6 Å². The van der Waals surface area contributed by atoms with Crippen LogP contribution >= 0.6 is 0 Å². The van der Waals surface area contributed by atoms with E-state index in [-0.39, 0.29) is 30.8 Å². The lowest BCUT2D eigenvalue weighted by Crippen LogP contribution is -2.44. The lowest BCUT2D eigenvalue weighted by Gasteiger charge is -2.19. The first-order valence-corrected chi connectivity index (χ1v) is 10.2. The molecule has 4 N–H and O–H groups in total. The normalized spacial score (nSPS) is 12.0. The highest BCUT2D eigenvalue weighted by Crippen LogP contribution is 2.22. The average molecular weight is 497 g/mol. The number of halogens is 4. The van der Waals surface area contributed by atoms with Crippen LogP contribution in [0, 0.1) is 12.7 Å². The standard InChI is InChI=1S/C21H22FN3O3.C2HF3O2/c1-14-19(16-9-5-6-10-17(16)22)20(27)25(21(28)24(14)11-12-26)13-18(23)15-7-3-2-4-8-15;3-2(4,5)1(6)7/h2-10,18,26H,11-13,23H2,1H3;(H,6,7)/t18-;/m0./s1. The number of aliphatic carboxylic acids is 1. The minimum atomic E-state index is -5.08. The van der Waals surface area contributed by atoms with Crippen LogP contribution < -0.4 is 17.0 Å². The van der Waals surface area contributed by atoms with Crippen LogP contribution in [0.1, 0.15) is 17.3 Å². The summed E-state index contributed by atoms with van der Waals surface area (Å²) in [7, 11) is 0. The summed E-state index contributed by atoms with van der Waals surface area (Å²) in [5, 5.41) is 16.5. The van der Waals surface area contributed by atoms with Crippen LogP contribution in [0.3, 0.4) is 0 Å².